The molecule has 11 heteroatoms. The van der Waals surface area contributed by atoms with Crippen molar-refractivity contribution in [3.05, 3.63) is 122 Å². The summed E-state index contributed by atoms with van der Waals surface area (Å²) in [4.78, 5) is 28.0. The van der Waals surface area contributed by atoms with Crippen molar-refractivity contribution in [3.8, 4) is 0 Å². The fraction of sp³-hybridized carbons (Fsp3) is 0.0714. The highest BCUT2D eigenvalue weighted by Crippen LogP contribution is 2.44. The van der Waals surface area contributed by atoms with Gasteiger partial charge in [0.05, 0.1) is 21.7 Å². The van der Waals surface area contributed by atoms with Gasteiger partial charge in [-0.1, -0.05) is 119 Å². The van der Waals surface area contributed by atoms with Crippen LogP contribution in [0.3, 0.4) is 0 Å². The number of benzene rings is 3. The molecule has 2 heterocycles. The van der Waals surface area contributed by atoms with Crippen LogP contribution in [0.5, 0.6) is 0 Å². The molecule has 0 spiro atoms. The van der Waals surface area contributed by atoms with Gasteiger partial charge in [0.1, 0.15) is 0 Å². The maximum Gasteiger partial charge on any atom is 0.296 e. The maximum absolute atomic E-state index is 13.4. The molecule has 1 atom stereocenters. The number of rotatable bonds is 8. The van der Waals surface area contributed by atoms with E-state index in [1.807, 2.05) is 54.6 Å². The summed E-state index contributed by atoms with van der Waals surface area (Å²) in [5, 5.41) is 20.8. The van der Waals surface area contributed by atoms with Crippen molar-refractivity contribution >= 4 is 80.8 Å². The van der Waals surface area contributed by atoms with Gasteiger partial charge >= 0.3 is 0 Å². The number of hydrogen-bond acceptors (Lipinski definition) is 7. The molecule has 0 saturated heterocycles. The number of allylic oxidation sites excluding steroid dienone is 1. The Morgan fingerprint density at radius 2 is 1.72 bits per heavy atom. The van der Waals surface area contributed by atoms with Crippen molar-refractivity contribution in [3.63, 3.8) is 0 Å². The molecular weight excluding hydrogens is 597 g/mol. The first-order valence-electron chi connectivity index (χ1n) is 11.5. The lowest BCUT2D eigenvalue weighted by Crippen LogP contribution is -2.30. The lowest BCUT2D eigenvalue weighted by molar-refractivity contribution is -0.117. The van der Waals surface area contributed by atoms with Crippen LogP contribution in [0.1, 0.15) is 22.7 Å². The number of amides is 1. The van der Waals surface area contributed by atoms with Crippen LogP contribution in [0, 0.1) is 0 Å². The number of thioether (sulfide) groups is 1. The van der Waals surface area contributed by atoms with Gasteiger partial charge in [0.15, 0.2) is 15.9 Å². The molecule has 5 rings (SSSR count). The molecule has 0 fully saturated rings. The quantitative estimate of drug-likeness (QED) is 0.123. The third kappa shape index (κ3) is 5.90. The molecule has 0 saturated carbocycles. The second kappa shape index (κ2) is 11.9. The highest BCUT2D eigenvalue weighted by atomic mass is 35.5. The van der Waals surface area contributed by atoms with Crippen molar-refractivity contribution in [1.29, 1.82) is 0 Å². The summed E-state index contributed by atoms with van der Waals surface area (Å²) in [6.45, 7) is 0. The van der Waals surface area contributed by atoms with Crippen molar-refractivity contribution in [1.82, 2.24) is 10.2 Å². The number of halogens is 3. The van der Waals surface area contributed by atoms with Gasteiger partial charge in [-0.05, 0) is 41.0 Å². The number of carbonyl (C=O) groups is 2. The van der Waals surface area contributed by atoms with E-state index < -0.39 is 23.5 Å². The maximum atomic E-state index is 13.4. The number of carbonyl (C=O) groups excluding carboxylic acids is 2. The highest BCUT2D eigenvalue weighted by molar-refractivity contribution is 8.00. The van der Waals surface area contributed by atoms with Crippen LogP contribution in [0.2, 0.25) is 15.1 Å². The van der Waals surface area contributed by atoms with Gasteiger partial charge in [-0.15, -0.1) is 10.2 Å². The minimum Gasteiger partial charge on any atom is -0.503 e. The second-order valence-corrected chi connectivity index (χ2v) is 11.8. The number of aliphatic hydroxyl groups is 1. The SMILES string of the molecule is O=C(/C=C/c1ccccc1)C1=C(O)C(=O)N(c2nnc(SCc3ccccc3Cl)s2)C1c1ccc(Cl)c(Cl)c1. The lowest BCUT2D eigenvalue weighted by atomic mass is 9.96. The standard InChI is InChI=1S/C28H18Cl3N3O3S2/c29-19-9-5-4-8-18(19)15-38-28-33-32-27(39-28)34-24(17-11-12-20(30)21(31)14-17)23(25(36)26(34)37)22(35)13-10-16-6-2-1-3-7-16/h1-14,24,36H,15H2/b13-10+. The van der Waals surface area contributed by atoms with Crippen molar-refractivity contribution in [2.45, 2.75) is 16.1 Å². The predicted octanol–water partition coefficient (Wildman–Crippen LogP) is 7.97. The molecule has 39 heavy (non-hydrogen) atoms. The number of nitrogens with zero attached hydrogens (tertiary/aromatic N) is 3. The van der Waals surface area contributed by atoms with E-state index in [-0.39, 0.29) is 15.7 Å². The van der Waals surface area contributed by atoms with E-state index in [1.165, 1.54) is 34.1 Å². The van der Waals surface area contributed by atoms with Crippen LogP contribution >= 0.6 is 57.9 Å². The Bertz CT molecular complexity index is 1620. The molecule has 1 N–H and O–H groups in total. The van der Waals surface area contributed by atoms with Gasteiger partial charge < -0.3 is 5.11 Å². The molecule has 0 bridgehead atoms. The summed E-state index contributed by atoms with van der Waals surface area (Å²) in [7, 11) is 0. The van der Waals surface area contributed by atoms with E-state index in [1.54, 1.807) is 24.3 Å². The Morgan fingerprint density at radius 3 is 2.46 bits per heavy atom. The third-order valence-corrected chi connectivity index (χ3v) is 9.08. The Labute approximate surface area is 247 Å². The van der Waals surface area contributed by atoms with Crippen molar-refractivity contribution in [2.24, 2.45) is 0 Å². The van der Waals surface area contributed by atoms with Gasteiger partial charge in [0.25, 0.3) is 5.91 Å². The highest BCUT2D eigenvalue weighted by Gasteiger charge is 2.45. The Hall–Kier alpha value is -3.14. The smallest absolute Gasteiger partial charge is 0.296 e. The topological polar surface area (TPSA) is 83.4 Å². The number of aliphatic hydroxyl groups excluding tert-OH is 1. The van der Waals surface area contributed by atoms with E-state index in [0.29, 0.717) is 25.7 Å². The summed E-state index contributed by atoms with van der Waals surface area (Å²) in [5.41, 5.74) is 2.12. The summed E-state index contributed by atoms with van der Waals surface area (Å²) in [6, 6.07) is 20.5. The molecule has 1 unspecified atom stereocenters. The molecular formula is C28H18Cl3N3O3S2. The zero-order valence-electron chi connectivity index (χ0n) is 19.9. The van der Waals surface area contributed by atoms with E-state index in [4.69, 9.17) is 34.8 Å². The molecule has 1 amide bonds. The minimum absolute atomic E-state index is 0.0916. The predicted molar refractivity (Wildman–Crippen MR) is 158 cm³/mol. The number of aromatic nitrogens is 2. The number of ketones is 1. The first kappa shape index (κ1) is 27.4. The van der Waals surface area contributed by atoms with Crippen LogP contribution in [0.25, 0.3) is 6.08 Å². The van der Waals surface area contributed by atoms with Gasteiger partial charge in [0.2, 0.25) is 5.13 Å². The van der Waals surface area contributed by atoms with E-state index in [0.717, 1.165) is 11.1 Å². The van der Waals surface area contributed by atoms with Crippen LogP contribution < -0.4 is 4.90 Å². The summed E-state index contributed by atoms with van der Waals surface area (Å²) < 4.78 is 0.592. The zero-order chi connectivity index (χ0) is 27.5. The first-order valence-corrected chi connectivity index (χ1v) is 14.5. The van der Waals surface area contributed by atoms with E-state index >= 15 is 0 Å². The molecule has 1 aromatic heterocycles. The van der Waals surface area contributed by atoms with Gasteiger partial charge in [-0.25, -0.2) is 0 Å². The monoisotopic (exact) mass is 613 g/mol. The largest absolute Gasteiger partial charge is 0.503 e. The number of hydrogen-bond donors (Lipinski definition) is 1. The fourth-order valence-electron chi connectivity index (χ4n) is 3.99. The van der Waals surface area contributed by atoms with E-state index in [9.17, 15) is 14.7 Å². The zero-order valence-corrected chi connectivity index (χ0v) is 23.8. The molecule has 6 nitrogen and oxygen atoms in total. The summed E-state index contributed by atoms with van der Waals surface area (Å²) in [5.74, 6) is -1.40. The average molecular weight is 615 g/mol. The molecule has 0 radical (unpaired) electrons. The average Bonchev–Trinajstić information content (AvgIpc) is 3.51. The molecule has 4 aromatic rings. The summed E-state index contributed by atoms with van der Waals surface area (Å²) >= 11 is 21.3. The van der Waals surface area contributed by atoms with Crippen LogP contribution in [-0.4, -0.2) is 27.0 Å². The Morgan fingerprint density at radius 1 is 0.974 bits per heavy atom. The fourth-order valence-corrected chi connectivity index (χ4v) is 6.45. The van der Waals surface area contributed by atoms with Crippen LogP contribution in [0.4, 0.5) is 5.13 Å². The van der Waals surface area contributed by atoms with Gasteiger partial charge in [-0.3, -0.25) is 14.5 Å². The van der Waals surface area contributed by atoms with Crippen LogP contribution in [0.15, 0.2) is 94.5 Å². The van der Waals surface area contributed by atoms with Crippen molar-refractivity contribution in [2.75, 3.05) is 4.90 Å². The molecule has 1 aliphatic rings. The minimum atomic E-state index is -0.991. The second-order valence-electron chi connectivity index (χ2n) is 8.35. The molecule has 1 aliphatic heterocycles. The molecule has 196 valence electrons. The summed E-state index contributed by atoms with van der Waals surface area (Å²) in [6.07, 6.45) is 2.95. The Kier molecular flexibility index (Phi) is 8.40. The van der Waals surface area contributed by atoms with Gasteiger partial charge in [0, 0.05) is 10.8 Å². The Balaban J connectivity index is 1.48. The van der Waals surface area contributed by atoms with Gasteiger partial charge in [-0.2, -0.15) is 0 Å². The lowest BCUT2D eigenvalue weighted by Gasteiger charge is -2.24. The van der Waals surface area contributed by atoms with Crippen LogP contribution in [-0.2, 0) is 15.3 Å². The van der Waals surface area contributed by atoms with Crippen molar-refractivity contribution < 1.29 is 14.7 Å². The number of anilines is 1. The molecule has 3 aromatic carbocycles. The molecule has 0 aliphatic carbocycles. The third-order valence-electron chi connectivity index (χ3n) is 5.87. The van der Waals surface area contributed by atoms with E-state index in [2.05, 4.69) is 10.2 Å². The first-order chi connectivity index (χ1) is 18.8. The normalized spacial score (nSPS) is 15.5.